The molecule has 0 aliphatic carbocycles. The number of para-hydroxylation sites is 1. The molecule has 2 N–H and O–H groups in total. The normalized spacial score (nSPS) is 12.3. The summed E-state index contributed by atoms with van der Waals surface area (Å²) in [5, 5.41) is 0.746. The van der Waals surface area contributed by atoms with Gasteiger partial charge >= 0.3 is 5.97 Å². The molecule has 1 unspecified atom stereocenters. The Balaban J connectivity index is 1.81. The molecule has 30 heavy (non-hydrogen) atoms. The third-order valence-electron chi connectivity index (χ3n) is 4.54. The van der Waals surface area contributed by atoms with Gasteiger partial charge < -0.3 is 9.72 Å². The molecule has 0 aliphatic heterocycles. The Bertz CT molecular complexity index is 1270. The third kappa shape index (κ3) is 4.27. The van der Waals surface area contributed by atoms with E-state index in [9.17, 15) is 18.0 Å². The van der Waals surface area contributed by atoms with E-state index in [2.05, 4.69) is 15.6 Å². The lowest BCUT2D eigenvalue weighted by Crippen LogP contribution is -2.26. The number of fused-ring (bicyclic) bond motifs is 1. The van der Waals surface area contributed by atoms with Crippen molar-refractivity contribution in [2.24, 2.45) is 0 Å². The molecule has 1 atom stereocenters. The second kappa shape index (κ2) is 8.53. The molecular formula is C22H20N2O5S. The molecule has 0 aliphatic rings. The van der Waals surface area contributed by atoms with Gasteiger partial charge in [-0.2, -0.15) is 4.72 Å². The second-order valence-corrected chi connectivity index (χ2v) is 8.41. The molecule has 3 aromatic rings. The minimum atomic E-state index is -3.86. The van der Waals surface area contributed by atoms with Crippen molar-refractivity contribution in [1.82, 2.24) is 9.71 Å². The van der Waals surface area contributed by atoms with E-state index in [1.165, 1.54) is 31.2 Å². The average molecular weight is 424 g/mol. The highest BCUT2D eigenvalue weighted by molar-refractivity contribution is 7.89. The van der Waals surface area contributed by atoms with Crippen LogP contribution in [0.25, 0.3) is 10.9 Å². The van der Waals surface area contributed by atoms with Crippen LogP contribution in [0.2, 0.25) is 0 Å². The van der Waals surface area contributed by atoms with Crippen molar-refractivity contribution in [3.05, 3.63) is 65.4 Å². The maximum atomic E-state index is 12.9. The van der Waals surface area contributed by atoms with Gasteiger partial charge in [0.15, 0.2) is 6.10 Å². The lowest BCUT2D eigenvalue weighted by Gasteiger charge is -2.13. The molecule has 0 saturated heterocycles. The highest BCUT2D eigenvalue weighted by atomic mass is 32.2. The number of terminal acetylenes is 1. The smallest absolute Gasteiger partial charge is 0.338 e. The summed E-state index contributed by atoms with van der Waals surface area (Å²) in [6.07, 6.45) is 4.02. The number of sulfonamides is 1. The van der Waals surface area contributed by atoms with E-state index < -0.39 is 22.1 Å². The quantitative estimate of drug-likeness (QED) is 0.345. The number of aromatic amines is 1. The predicted molar refractivity (Wildman–Crippen MR) is 113 cm³/mol. The van der Waals surface area contributed by atoms with E-state index in [1.807, 2.05) is 24.3 Å². The van der Waals surface area contributed by atoms with Crippen LogP contribution in [0.5, 0.6) is 0 Å². The fraction of sp³-hybridized carbons (Fsp3) is 0.182. The standard InChI is InChI=1S/C22H20N2O5S/c1-4-12-23-30(27,28)17-9-7-8-16(13-17)22(26)29-15(3)21(25)20-14(2)24-19-11-6-5-10-18(19)20/h1,5-11,13,15,23-24H,12H2,2-3H3. The van der Waals surface area contributed by atoms with Crippen molar-refractivity contribution in [3.8, 4) is 12.3 Å². The lowest BCUT2D eigenvalue weighted by molar-refractivity contribution is 0.0319. The van der Waals surface area contributed by atoms with Crippen molar-refractivity contribution in [3.63, 3.8) is 0 Å². The van der Waals surface area contributed by atoms with Gasteiger partial charge in [0.2, 0.25) is 15.8 Å². The van der Waals surface area contributed by atoms with Gasteiger partial charge in [-0.25, -0.2) is 13.2 Å². The number of ether oxygens (including phenoxy) is 1. The lowest BCUT2D eigenvalue weighted by atomic mass is 10.0. The van der Waals surface area contributed by atoms with E-state index in [-0.39, 0.29) is 22.8 Å². The van der Waals surface area contributed by atoms with Crippen LogP contribution >= 0.6 is 0 Å². The Kier molecular flexibility index (Phi) is 6.06. The van der Waals surface area contributed by atoms with Crippen molar-refractivity contribution in [2.45, 2.75) is 24.8 Å². The van der Waals surface area contributed by atoms with Gasteiger partial charge in [-0.3, -0.25) is 4.79 Å². The molecule has 2 aromatic carbocycles. The van der Waals surface area contributed by atoms with Gasteiger partial charge in [0.05, 0.1) is 17.0 Å². The molecule has 7 nitrogen and oxygen atoms in total. The number of carbonyl (C=O) groups excluding carboxylic acids is 2. The molecule has 0 saturated carbocycles. The molecule has 1 aromatic heterocycles. The van der Waals surface area contributed by atoms with Crippen LogP contribution in [0.3, 0.4) is 0 Å². The largest absolute Gasteiger partial charge is 0.451 e. The molecule has 1 heterocycles. The minimum Gasteiger partial charge on any atom is -0.451 e. The Hall–Kier alpha value is -3.41. The maximum absolute atomic E-state index is 12.9. The van der Waals surface area contributed by atoms with Crippen LogP contribution in [0.4, 0.5) is 0 Å². The zero-order chi connectivity index (χ0) is 21.9. The Morgan fingerprint density at radius 3 is 2.67 bits per heavy atom. The topological polar surface area (TPSA) is 105 Å². The minimum absolute atomic E-state index is 0.00822. The highest BCUT2D eigenvalue weighted by Gasteiger charge is 2.25. The SMILES string of the molecule is C#CCNS(=O)(=O)c1cccc(C(=O)OC(C)C(=O)c2c(C)[nH]c3ccccc23)c1. The summed E-state index contributed by atoms with van der Waals surface area (Å²) in [6, 6.07) is 12.7. The van der Waals surface area contributed by atoms with Gasteiger partial charge in [0.1, 0.15) is 0 Å². The number of benzene rings is 2. The molecule has 154 valence electrons. The highest BCUT2D eigenvalue weighted by Crippen LogP contribution is 2.24. The molecule has 0 fully saturated rings. The average Bonchev–Trinajstić information content (AvgIpc) is 3.07. The van der Waals surface area contributed by atoms with Crippen LogP contribution in [-0.2, 0) is 14.8 Å². The number of hydrogen-bond acceptors (Lipinski definition) is 5. The van der Waals surface area contributed by atoms with Crippen LogP contribution in [0, 0.1) is 19.3 Å². The number of carbonyl (C=O) groups is 2. The maximum Gasteiger partial charge on any atom is 0.338 e. The Morgan fingerprint density at radius 1 is 1.20 bits per heavy atom. The van der Waals surface area contributed by atoms with Crippen molar-refractivity contribution >= 4 is 32.7 Å². The predicted octanol–water partition coefficient (Wildman–Crippen LogP) is 2.82. The zero-order valence-electron chi connectivity index (χ0n) is 16.4. The number of H-pyrrole nitrogens is 1. The van der Waals surface area contributed by atoms with Gasteiger partial charge in [0, 0.05) is 22.2 Å². The van der Waals surface area contributed by atoms with Crippen molar-refractivity contribution in [2.75, 3.05) is 6.54 Å². The van der Waals surface area contributed by atoms with Gasteiger partial charge in [-0.15, -0.1) is 6.42 Å². The Morgan fingerprint density at radius 2 is 1.93 bits per heavy atom. The first-order valence-electron chi connectivity index (χ1n) is 9.10. The number of aromatic nitrogens is 1. The third-order valence-corrected chi connectivity index (χ3v) is 5.94. The molecule has 0 bridgehead atoms. The van der Waals surface area contributed by atoms with E-state index in [0.29, 0.717) is 11.3 Å². The molecule has 0 spiro atoms. The summed E-state index contributed by atoms with van der Waals surface area (Å²) in [5.74, 6) is 1.03. The van der Waals surface area contributed by atoms with E-state index in [1.54, 1.807) is 6.92 Å². The van der Waals surface area contributed by atoms with Gasteiger partial charge in [0.25, 0.3) is 0 Å². The van der Waals surface area contributed by atoms with Crippen LogP contribution < -0.4 is 4.72 Å². The molecule has 0 amide bonds. The second-order valence-electron chi connectivity index (χ2n) is 6.64. The fourth-order valence-electron chi connectivity index (χ4n) is 3.09. The van der Waals surface area contributed by atoms with Gasteiger partial charge in [-0.1, -0.05) is 30.2 Å². The molecule has 3 rings (SSSR count). The Labute approximate surface area is 174 Å². The summed E-state index contributed by atoms with van der Waals surface area (Å²) >= 11 is 0. The zero-order valence-corrected chi connectivity index (χ0v) is 17.2. The number of hydrogen-bond donors (Lipinski definition) is 2. The number of ketones is 1. The summed E-state index contributed by atoms with van der Waals surface area (Å²) in [4.78, 5) is 28.5. The monoisotopic (exact) mass is 424 g/mol. The molecular weight excluding hydrogens is 404 g/mol. The van der Waals surface area contributed by atoms with Crippen molar-refractivity contribution < 1.29 is 22.7 Å². The summed E-state index contributed by atoms with van der Waals surface area (Å²) < 4.78 is 31.9. The van der Waals surface area contributed by atoms with Crippen LogP contribution in [-0.4, -0.2) is 37.8 Å². The number of nitrogens with one attached hydrogen (secondary N) is 2. The van der Waals surface area contributed by atoms with Crippen molar-refractivity contribution in [1.29, 1.82) is 0 Å². The summed E-state index contributed by atoms with van der Waals surface area (Å²) in [7, 11) is -3.86. The molecule has 0 radical (unpaired) electrons. The first kappa shape index (κ1) is 21.3. The fourth-order valence-corrected chi connectivity index (χ4v) is 4.07. The summed E-state index contributed by atoms with van der Waals surface area (Å²) in [5.41, 5.74) is 1.96. The van der Waals surface area contributed by atoms with Crippen LogP contribution in [0.15, 0.2) is 53.4 Å². The number of Topliss-reactive ketones (excluding diaryl/α,β-unsaturated/α-hetero) is 1. The first-order valence-corrected chi connectivity index (χ1v) is 10.6. The van der Waals surface area contributed by atoms with Gasteiger partial charge in [-0.05, 0) is 38.1 Å². The van der Waals surface area contributed by atoms with E-state index in [4.69, 9.17) is 11.2 Å². The summed E-state index contributed by atoms with van der Waals surface area (Å²) in [6.45, 7) is 3.09. The number of aryl methyl sites for hydroxylation is 1. The number of esters is 1. The molecule has 8 heteroatoms. The van der Waals surface area contributed by atoms with E-state index >= 15 is 0 Å². The van der Waals surface area contributed by atoms with Crippen LogP contribution in [0.1, 0.15) is 33.3 Å². The van der Waals surface area contributed by atoms with E-state index in [0.717, 1.165) is 10.9 Å². The number of rotatable bonds is 7. The first-order chi connectivity index (χ1) is 14.2.